The van der Waals surface area contributed by atoms with Gasteiger partial charge in [-0.3, -0.25) is 4.79 Å². The number of anilines is 4. The van der Waals surface area contributed by atoms with Crippen LogP contribution in [0.2, 0.25) is 0 Å². The van der Waals surface area contributed by atoms with Crippen molar-refractivity contribution in [2.45, 2.75) is 51.7 Å². The van der Waals surface area contributed by atoms with E-state index in [-0.39, 0.29) is 11.8 Å². The van der Waals surface area contributed by atoms with Crippen LogP contribution < -0.4 is 15.1 Å². The third-order valence-corrected chi connectivity index (χ3v) is 6.97. The zero-order chi connectivity index (χ0) is 22.6. The van der Waals surface area contributed by atoms with Crippen molar-refractivity contribution >= 4 is 28.8 Å². The number of benzene rings is 1. The molecule has 5 rings (SSSR count). The highest BCUT2D eigenvalue weighted by molar-refractivity contribution is 6.00. The van der Waals surface area contributed by atoms with Gasteiger partial charge in [0.05, 0.1) is 37.2 Å². The Kier molecular flexibility index (Phi) is 6.78. The van der Waals surface area contributed by atoms with Crippen LogP contribution >= 0.6 is 0 Å². The maximum absolute atomic E-state index is 13.9. The molecule has 1 saturated heterocycles. The number of fused-ring (bicyclic) bond motifs is 2. The van der Waals surface area contributed by atoms with Crippen molar-refractivity contribution in [1.29, 1.82) is 0 Å². The first-order chi connectivity index (χ1) is 16.2. The van der Waals surface area contributed by atoms with Crippen molar-refractivity contribution in [1.82, 2.24) is 4.98 Å². The summed E-state index contributed by atoms with van der Waals surface area (Å²) in [5.74, 6) is 1.07. The molecule has 2 aromatic rings. The third-order valence-electron chi connectivity index (χ3n) is 6.97. The Morgan fingerprint density at radius 3 is 2.79 bits per heavy atom. The molecular formula is C26H34N4O3. The summed E-state index contributed by atoms with van der Waals surface area (Å²) in [6.45, 7) is 6.67. The highest BCUT2D eigenvalue weighted by Gasteiger charge is 2.33. The van der Waals surface area contributed by atoms with Crippen LogP contribution in [0.1, 0.15) is 44.6 Å². The number of carbonyl (C=O) groups excluding carboxylic acids is 1. The molecule has 1 N–H and O–H groups in total. The molecule has 3 aliphatic rings. The normalized spacial score (nSPS) is 22.7. The van der Waals surface area contributed by atoms with Crippen LogP contribution in [0.5, 0.6) is 0 Å². The van der Waals surface area contributed by atoms with Crippen LogP contribution in [-0.4, -0.2) is 49.9 Å². The van der Waals surface area contributed by atoms with Gasteiger partial charge in [0.2, 0.25) is 5.91 Å². The molecule has 3 heterocycles. The Hall–Kier alpha value is -2.64. The standard InChI is InChI=1S/C26H34N4O3/c1-2-14-33-22-8-5-19(6-9-22)26(31)30-18-20-4-3-11-27-25(20)28-23-10-7-21(17-24(23)30)29-12-15-32-16-13-29/h3-4,7,10-11,17,19,22H,2,5-6,8-9,12-16,18H2,1H3,(H,27,28). The molecule has 1 amide bonds. The fourth-order valence-corrected chi connectivity index (χ4v) is 5.11. The van der Waals surface area contributed by atoms with Crippen LogP contribution in [0.3, 0.4) is 0 Å². The Bertz CT molecular complexity index is 968. The van der Waals surface area contributed by atoms with E-state index in [1.165, 1.54) is 0 Å². The van der Waals surface area contributed by atoms with E-state index in [9.17, 15) is 4.79 Å². The van der Waals surface area contributed by atoms with E-state index >= 15 is 0 Å². The molecule has 0 radical (unpaired) electrons. The fourth-order valence-electron chi connectivity index (χ4n) is 5.11. The minimum Gasteiger partial charge on any atom is -0.378 e. The van der Waals surface area contributed by atoms with Crippen molar-refractivity contribution < 1.29 is 14.3 Å². The minimum atomic E-state index is 0.0320. The minimum absolute atomic E-state index is 0.0320. The summed E-state index contributed by atoms with van der Waals surface area (Å²) in [7, 11) is 0. The molecule has 0 bridgehead atoms. The summed E-state index contributed by atoms with van der Waals surface area (Å²) in [5.41, 5.74) is 4.03. The smallest absolute Gasteiger partial charge is 0.230 e. The van der Waals surface area contributed by atoms with Crippen molar-refractivity contribution in [3.8, 4) is 0 Å². The molecule has 176 valence electrons. The number of ether oxygens (including phenoxy) is 2. The van der Waals surface area contributed by atoms with Crippen molar-refractivity contribution in [3.63, 3.8) is 0 Å². The zero-order valence-corrected chi connectivity index (χ0v) is 19.5. The fraction of sp³-hybridized carbons (Fsp3) is 0.538. The number of morpholine rings is 1. The van der Waals surface area contributed by atoms with Gasteiger partial charge in [0.15, 0.2) is 0 Å². The van der Waals surface area contributed by atoms with Gasteiger partial charge in [0.25, 0.3) is 0 Å². The maximum atomic E-state index is 13.9. The highest BCUT2D eigenvalue weighted by Crippen LogP contribution is 2.40. The molecule has 1 aromatic heterocycles. The average Bonchev–Trinajstić information content (AvgIpc) is 3.04. The van der Waals surface area contributed by atoms with Gasteiger partial charge in [0, 0.05) is 43.1 Å². The molecular weight excluding hydrogens is 416 g/mol. The van der Waals surface area contributed by atoms with Gasteiger partial charge in [-0.25, -0.2) is 4.98 Å². The monoisotopic (exact) mass is 450 g/mol. The molecule has 1 saturated carbocycles. The molecule has 1 aromatic carbocycles. The number of nitrogens with zero attached hydrogens (tertiary/aromatic N) is 3. The summed E-state index contributed by atoms with van der Waals surface area (Å²) in [6, 6.07) is 10.4. The summed E-state index contributed by atoms with van der Waals surface area (Å²) in [4.78, 5) is 22.7. The first kappa shape index (κ1) is 22.2. The molecule has 0 unspecified atom stereocenters. The van der Waals surface area contributed by atoms with Gasteiger partial charge in [-0.15, -0.1) is 0 Å². The molecule has 2 aliphatic heterocycles. The second kappa shape index (κ2) is 10.1. The van der Waals surface area contributed by atoms with Crippen molar-refractivity contribution in [2.24, 2.45) is 5.92 Å². The molecule has 33 heavy (non-hydrogen) atoms. The SMILES string of the molecule is CCCOC1CCC(C(=O)N2Cc3cccnc3Nc3ccc(N4CCOCC4)cc32)CC1. The number of amides is 1. The molecule has 1 aliphatic carbocycles. The topological polar surface area (TPSA) is 66.9 Å². The van der Waals surface area contributed by atoms with E-state index in [2.05, 4.69) is 46.4 Å². The van der Waals surface area contributed by atoms with Crippen LogP contribution in [0, 0.1) is 5.92 Å². The number of nitrogens with one attached hydrogen (secondary N) is 1. The largest absolute Gasteiger partial charge is 0.378 e. The number of hydrogen-bond acceptors (Lipinski definition) is 6. The third kappa shape index (κ3) is 4.84. The van der Waals surface area contributed by atoms with Gasteiger partial charge in [-0.1, -0.05) is 13.0 Å². The van der Waals surface area contributed by atoms with E-state index in [1.54, 1.807) is 6.20 Å². The predicted molar refractivity (Wildman–Crippen MR) is 130 cm³/mol. The summed E-state index contributed by atoms with van der Waals surface area (Å²) >= 11 is 0. The number of rotatable bonds is 5. The lowest BCUT2D eigenvalue weighted by molar-refractivity contribution is -0.124. The Morgan fingerprint density at radius 2 is 2.00 bits per heavy atom. The van der Waals surface area contributed by atoms with Gasteiger partial charge in [0.1, 0.15) is 5.82 Å². The number of carbonyl (C=O) groups is 1. The van der Waals surface area contributed by atoms with Gasteiger partial charge >= 0.3 is 0 Å². The second-order valence-electron chi connectivity index (χ2n) is 9.21. The van der Waals surface area contributed by atoms with Crippen molar-refractivity contribution in [2.75, 3.05) is 48.0 Å². The first-order valence-corrected chi connectivity index (χ1v) is 12.3. The highest BCUT2D eigenvalue weighted by atomic mass is 16.5. The second-order valence-corrected chi connectivity index (χ2v) is 9.21. The van der Waals surface area contributed by atoms with Crippen LogP contribution in [0.15, 0.2) is 36.5 Å². The molecule has 0 atom stereocenters. The number of pyridine rings is 1. The van der Waals surface area contributed by atoms with E-state index in [1.807, 2.05) is 11.0 Å². The summed E-state index contributed by atoms with van der Waals surface area (Å²) in [6.07, 6.45) is 6.82. The van der Waals surface area contributed by atoms with Gasteiger partial charge in [-0.2, -0.15) is 0 Å². The Balaban J connectivity index is 1.42. The van der Waals surface area contributed by atoms with Crippen LogP contribution in [0.4, 0.5) is 22.9 Å². The molecule has 7 nitrogen and oxygen atoms in total. The Morgan fingerprint density at radius 1 is 1.18 bits per heavy atom. The average molecular weight is 451 g/mol. The van der Waals surface area contributed by atoms with Gasteiger partial charge < -0.3 is 24.6 Å². The van der Waals surface area contributed by atoms with E-state index < -0.39 is 0 Å². The van der Waals surface area contributed by atoms with E-state index in [0.717, 1.165) is 93.5 Å². The quantitative estimate of drug-likeness (QED) is 0.724. The molecule has 7 heteroatoms. The maximum Gasteiger partial charge on any atom is 0.230 e. The van der Waals surface area contributed by atoms with Crippen LogP contribution in [-0.2, 0) is 20.8 Å². The van der Waals surface area contributed by atoms with Crippen LogP contribution in [0.25, 0.3) is 0 Å². The number of aromatic nitrogens is 1. The first-order valence-electron chi connectivity index (χ1n) is 12.3. The zero-order valence-electron chi connectivity index (χ0n) is 19.5. The van der Waals surface area contributed by atoms with E-state index in [0.29, 0.717) is 12.6 Å². The molecule has 2 fully saturated rings. The van der Waals surface area contributed by atoms with Gasteiger partial charge in [-0.05, 0) is 56.4 Å². The predicted octanol–water partition coefficient (Wildman–Crippen LogP) is 4.49. The summed E-state index contributed by atoms with van der Waals surface area (Å²) in [5, 5.41) is 3.48. The Labute approximate surface area is 196 Å². The lowest BCUT2D eigenvalue weighted by Crippen LogP contribution is -2.39. The molecule has 0 spiro atoms. The van der Waals surface area contributed by atoms with E-state index in [4.69, 9.17) is 9.47 Å². The lowest BCUT2D eigenvalue weighted by Gasteiger charge is -2.33. The summed E-state index contributed by atoms with van der Waals surface area (Å²) < 4.78 is 11.5. The van der Waals surface area contributed by atoms with Crippen molar-refractivity contribution in [3.05, 3.63) is 42.1 Å². The lowest BCUT2D eigenvalue weighted by atomic mass is 9.86. The number of hydrogen-bond donors (Lipinski definition) is 1.